The van der Waals surface area contributed by atoms with Gasteiger partial charge in [-0.25, -0.2) is 9.67 Å². The summed E-state index contributed by atoms with van der Waals surface area (Å²) in [5.74, 6) is 0.745. The van der Waals surface area contributed by atoms with E-state index in [1.54, 1.807) is 10.9 Å². The van der Waals surface area contributed by atoms with Gasteiger partial charge in [-0.1, -0.05) is 60.3 Å². The van der Waals surface area contributed by atoms with Gasteiger partial charge in [-0.05, 0) is 17.7 Å². The number of benzene rings is 2. The van der Waals surface area contributed by atoms with Crippen LogP contribution in [0.3, 0.4) is 0 Å². The Morgan fingerprint density at radius 3 is 2.46 bits per heavy atom. The van der Waals surface area contributed by atoms with Gasteiger partial charge in [0.15, 0.2) is 10.8 Å². The van der Waals surface area contributed by atoms with E-state index < -0.39 is 0 Å². The molecule has 2 aromatic heterocycles. The highest BCUT2D eigenvalue weighted by molar-refractivity contribution is 7.98. The molecular formula is C18H14N4OS. The molecule has 24 heavy (non-hydrogen) atoms. The van der Waals surface area contributed by atoms with E-state index in [1.807, 2.05) is 48.5 Å². The number of H-pyrrole nitrogens is 1. The van der Waals surface area contributed by atoms with Gasteiger partial charge in [-0.3, -0.25) is 4.79 Å². The highest BCUT2D eigenvalue weighted by Gasteiger charge is 2.11. The first-order valence-corrected chi connectivity index (χ1v) is 8.50. The zero-order valence-electron chi connectivity index (χ0n) is 12.7. The monoisotopic (exact) mass is 334 g/mol. The van der Waals surface area contributed by atoms with Gasteiger partial charge < -0.3 is 4.98 Å². The number of nitrogens with one attached hydrogen (secondary N) is 1. The normalized spacial score (nSPS) is 11.0. The zero-order valence-corrected chi connectivity index (χ0v) is 13.5. The lowest BCUT2D eigenvalue weighted by Gasteiger charge is -2.04. The van der Waals surface area contributed by atoms with E-state index in [9.17, 15) is 4.79 Å². The van der Waals surface area contributed by atoms with Crippen LogP contribution in [-0.4, -0.2) is 19.7 Å². The predicted octanol–water partition coefficient (Wildman–Crippen LogP) is 3.40. The summed E-state index contributed by atoms with van der Waals surface area (Å²) < 4.78 is 1.69. The molecule has 0 spiro atoms. The second kappa shape index (κ2) is 6.33. The van der Waals surface area contributed by atoms with Crippen LogP contribution in [0.25, 0.3) is 16.7 Å². The van der Waals surface area contributed by atoms with Crippen LogP contribution in [0.15, 0.2) is 76.8 Å². The number of aromatic amines is 1. The summed E-state index contributed by atoms with van der Waals surface area (Å²) in [6.07, 6.45) is 1.56. The first-order valence-electron chi connectivity index (χ1n) is 7.51. The molecule has 0 aliphatic rings. The average Bonchev–Trinajstić information content (AvgIpc) is 3.06. The zero-order chi connectivity index (χ0) is 16.4. The van der Waals surface area contributed by atoms with Gasteiger partial charge in [0, 0.05) is 5.75 Å². The van der Waals surface area contributed by atoms with Crippen LogP contribution < -0.4 is 5.56 Å². The third-order valence-corrected chi connectivity index (χ3v) is 4.58. The lowest BCUT2D eigenvalue weighted by atomic mass is 10.2. The maximum atomic E-state index is 12.3. The first-order chi connectivity index (χ1) is 11.8. The molecule has 6 heteroatoms. The fourth-order valence-corrected chi connectivity index (χ4v) is 3.26. The van der Waals surface area contributed by atoms with Crippen LogP contribution in [0.2, 0.25) is 0 Å². The maximum absolute atomic E-state index is 12.3. The van der Waals surface area contributed by atoms with Gasteiger partial charge in [0.1, 0.15) is 5.39 Å². The molecule has 2 heterocycles. The standard InChI is InChI=1S/C18H14N4OS/c23-17-15-11-19-22(14-9-5-2-6-10-14)16(15)20-18(21-17)24-12-13-7-3-1-4-8-13/h1-11H,12H2,(H,20,21,23). The van der Waals surface area contributed by atoms with Crippen molar-refractivity contribution in [2.45, 2.75) is 10.9 Å². The molecule has 0 aliphatic carbocycles. The molecule has 0 amide bonds. The van der Waals surface area contributed by atoms with Gasteiger partial charge in [-0.2, -0.15) is 5.10 Å². The molecule has 118 valence electrons. The summed E-state index contributed by atoms with van der Waals surface area (Å²) in [7, 11) is 0. The molecule has 1 N–H and O–H groups in total. The molecule has 4 rings (SSSR count). The topological polar surface area (TPSA) is 63.6 Å². The molecule has 2 aromatic carbocycles. The van der Waals surface area contributed by atoms with Gasteiger partial charge in [0.2, 0.25) is 0 Å². The minimum Gasteiger partial charge on any atom is -0.301 e. The second-order valence-corrected chi connectivity index (χ2v) is 6.24. The molecule has 4 aromatic rings. The van der Waals surface area contributed by atoms with Crippen molar-refractivity contribution in [3.05, 3.63) is 82.8 Å². The molecule has 0 unspecified atom stereocenters. The summed E-state index contributed by atoms with van der Waals surface area (Å²) in [5.41, 5.74) is 2.46. The van der Waals surface area contributed by atoms with E-state index in [0.717, 1.165) is 11.4 Å². The van der Waals surface area contributed by atoms with E-state index >= 15 is 0 Å². The largest absolute Gasteiger partial charge is 0.301 e. The van der Waals surface area contributed by atoms with E-state index in [4.69, 9.17) is 0 Å². The lowest BCUT2D eigenvalue weighted by Crippen LogP contribution is -2.09. The van der Waals surface area contributed by atoms with Crippen LogP contribution in [0.1, 0.15) is 5.56 Å². The van der Waals surface area contributed by atoms with Crippen LogP contribution in [0.4, 0.5) is 0 Å². The Bertz CT molecular complexity index is 1030. The first kappa shape index (κ1) is 14.7. The number of hydrogen-bond acceptors (Lipinski definition) is 4. The van der Waals surface area contributed by atoms with Crippen LogP contribution in [-0.2, 0) is 5.75 Å². The predicted molar refractivity (Wildman–Crippen MR) is 95.5 cm³/mol. The fourth-order valence-electron chi connectivity index (χ4n) is 2.45. The molecule has 0 bridgehead atoms. The minimum absolute atomic E-state index is 0.169. The van der Waals surface area contributed by atoms with Gasteiger partial charge >= 0.3 is 0 Å². The van der Waals surface area contributed by atoms with Crippen molar-refractivity contribution in [3.8, 4) is 5.69 Å². The number of fused-ring (bicyclic) bond motifs is 1. The molecule has 0 atom stereocenters. The smallest absolute Gasteiger partial charge is 0.262 e. The summed E-state index contributed by atoms with van der Waals surface area (Å²) >= 11 is 1.50. The molecule has 0 fully saturated rings. The van der Waals surface area contributed by atoms with Crippen LogP contribution in [0, 0.1) is 0 Å². The second-order valence-electron chi connectivity index (χ2n) is 5.27. The highest BCUT2D eigenvalue weighted by atomic mass is 32.2. The Morgan fingerprint density at radius 2 is 1.71 bits per heavy atom. The molecule has 0 saturated heterocycles. The summed E-state index contributed by atoms with van der Waals surface area (Å²) in [6.45, 7) is 0. The summed E-state index contributed by atoms with van der Waals surface area (Å²) in [6, 6.07) is 19.8. The number of rotatable bonds is 4. The van der Waals surface area contributed by atoms with E-state index in [0.29, 0.717) is 16.2 Å². The van der Waals surface area contributed by atoms with Crippen LogP contribution >= 0.6 is 11.8 Å². The third-order valence-electron chi connectivity index (χ3n) is 3.64. The lowest BCUT2D eigenvalue weighted by molar-refractivity contribution is 0.873. The van der Waals surface area contributed by atoms with E-state index in [-0.39, 0.29) is 5.56 Å². The van der Waals surface area contributed by atoms with Gasteiger partial charge in [0.05, 0.1) is 11.9 Å². The van der Waals surface area contributed by atoms with Crippen molar-refractivity contribution < 1.29 is 0 Å². The number of nitrogens with zero attached hydrogens (tertiary/aromatic N) is 3. The molecule has 0 saturated carbocycles. The minimum atomic E-state index is -0.169. The molecule has 0 radical (unpaired) electrons. The van der Waals surface area contributed by atoms with Gasteiger partial charge in [0.25, 0.3) is 5.56 Å². The molecular weight excluding hydrogens is 320 g/mol. The van der Waals surface area contributed by atoms with Crippen molar-refractivity contribution >= 4 is 22.8 Å². The Hall–Kier alpha value is -2.86. The molecule has 0 aliphatic heterocycles. The van der Waals surface area contributed by atoms with Crippen molar-refractivity contribution in [2.75, 3.05) is 0 Å². The van der Waals surface area contributed by atoms with Crippen molar-refractivity contribution in [3.63, 3.8) is 0 Å². The molecule has 5 nitrogen and oxygen atoms in total. The number of aromatic nitrogens is 4. The third kappa shape index (κ3) is 2.83. The van der Waals surface area contributed by atoms with Crippen molar-refractivity contribution in [1.82, 2.24) is 19.7 Å². The summed E-state index contributed by atoms with van der Waals surface area (Å²) in [5, 5.41) is 5.39. The van der Waals surface area contributed by atoms with Crippen molar-refractivity contribution in [1.29, 1.82) is 0 Å². The quantitative estimate of drug-likeness (QED) is 0.459. The van der Waals surface area contributed by atoms with E-state index in [1.165, 1.54) is 17.3 Å². The average molecular weight is 334 g/mol. The van der Waals surface area contributed by atoms with Gasteiger partial charge in [-0.15, -0.1) is 0 Å². The number of hydrogen-bond donors (Lipinski definition) is 1. The van der Waals surface area contributed by atoms with E-state index in [2.05, 4.69) is 27.2 Å². The number of para-hydroxylation sites is 1. The maximum Gasteiger partial charge on any atom is 0.262 e. The number of thioether (sulfide) groups is 1. The highest BCUT2D eigenvalue weighted by Crippen LogP contribution is 2.21. The summed E-state index contributed by atoms with van der Waals surface area (Å²) in [4.78, 5) is 19.7. The Balaban J connectivity index is 1.72. The Labute approximate surface area is 142 Å². The van der Waals surface area contributed by atoms with Crippen LogP contribution in [0.5, 0.6) is 0 Å². The SMILES string of the molecule is O=c1[nH]c(SCc2ccccc2)nc2c1cnn2-c1ccccc1. The van der Waals surface area contributed by atoms with Crippen molar-refractivity contribution in [2.24, 2.45) is 0 Å². The fraction of sp³-hybridized carbons (Fsp3) is 0.0556. The Morgan fingerprint density at radius 1 is 1.00 bits per heavy atom. The Kier molecular flexibility index (Phi) is 3.88.